The van der Waals surface area contributed by atoms with E-state index in [1.165, 1.54) is 5.56 Å². The van der Waals surface area contributed by atoms with E-state index in [0.717, 1.165) is 19.1 Å². The van der Waals surface area contributed by atoms with Gasteiger partial charge in [0.1, 0.15) is 6.61 Å². The van der Waals surface area contributed by atoms with Crippen LogP contribution in [-0.2, 0) is 11.2 Å². The van der Waals surface area contributed by atoms with Crippen LogP contribution in [-0.4, -0.2) is 19.0 Å². The zero-order valence-electron chi connectivity index (χ0n) is 10.7. The van der Waals surface area contributed by atoms with E-state index in [2.05, 4.69) is 6.92 Å². The lowest BCUT2D eigenvalue weighted by molar-refractivity contribution is -0.109. The van der Waals surface area contributed by atoms with Gasteiger partial charge in [0.15, 0.2) is 17.8 Å². The molecule has 0 radical (unpaired) electrons. The predicted molar refractivity (Wildman–Crippen MR) is 67.8 cm³/mol. The zero-order chi connectivity index (χ0) is 12.7. The Kier molecular flexibility index (Phi) is 5.53. The van der Waals surface area contributed by atoms with E-state index >= 15 is 0 Å². The molecule has 3 nitrogen and oxygen atoms in total. The summed E-state index contributed by atoms with van der Waals surface area (Å²) in [6.07, 6.45) is 2.91. The molecule has 1 aromatic rings. The molecule has 0 amide bonds. The third-order valence-corrected chi connectivity index (χ3v) is 2.22. The summed E-state index contributed by atoms with van der Waals surface area (Å²) in [5.74, 6) is 1.35. The molecule has 0 N–H and O–H groups in total. The van der Waals surface area contributed by atoms with Crippen molar-refractivity contribution in [3.63, 3.8) is 0 Å². The molecule has 0 bridgehead atoms. The fraction of sp³-hybridized carbons (Fsp3) is 0.500. The van der Waals surface area contributed by atoms with Crippen LogP contribution < -0.4 is 9.47 Å². The summed E-state index contributed by atoms with van der Waals surface area (Å²) in [4.78, 5) is 10.4. The van der Waals surface area contributed by atoms with Crippen LogP contribution in [0.2, 0.25) is 0 Å². The number of rotatable bonds is 7. The maximum atomic E-state index is 10.4. The van der Waals surface area contributed by atoms with Crippen molar-refractivity contribution in [3.05, 3.63) is 23.8 Å². The fourth-order valence-corrected chi connectivity index (χ4v) is 1.58. The molecule has 0 heterocycles. The van der Waals surface area contributed by atoms with Crippen LogP contribution in [0.5, 0.6) is 11.5 Å². The van der Waals surface area contributed by atoms with Crippen molar-refractivity contribution in [2.45, 2.75) is 39.7 Å². The first-order valence-electron chi connectivity index (χ1n) is 6.03. The van der Waals surface area contributed by atoms with Crippen molar-refractivity contribution >= 4 is 6.29 Å². The zero-order valence-corrected chi connectivity index (χ0v) is 10.7. The Bertz CT molecular complexity index is 358. The Morgan fingerprint density at radius 3 is 2.65 bits per heavy atom. The largest absolute Gasteiger partial charge is 0.487 e. The Morgan fingerprint density at radius 2 is 2.06 bits per heavy atom. The van der Waals surface area contributed by atoms with Crippen molar-refractivity contribution in [3.8, 4) is 11.5 Å². The fourth-order valence-electron chi connectivity index (χ4n) is 1.58. The summed E-state index contributed by atoms with van der Waals surface area (Å²) in [6, 6.07) is 5.89. The van der Waals surface area contributed by atoms with Gasteiger partial charge in [-0.2, -0.15) is 0 Å². The van der Waals surface area contributed by atoms with Gasteiger partial charge in [-0.25, -0.2) is 0 Å². The SMILES string of the molecule is CCCc1ccc(OC(C)C)c(OCC=O)c1. The number of aldehydes is 1. The van der Waals surface area contributed by atoms with Crippen molar-refractivity contribution in [2.75, 3.05) is 6.61 Å². The summed E-state index contributed by atoms with van der Waals surface area (Å²) >= 11 is 0. The van der Waals surface area contributed by atoms with Gasteiger partial charge in [0.25, 0.3) is 0 Å². The minimum atomic E-state index is 0.0596. The van der Waals surface area contributed by atoms with Gasteiger partial charge in [0.05, 0.1) is 6.10 Å². The van der Waals surface area contributed by atoms with Gasteiger partial charge < -0.3 is 9.47 Å². The Labute approximate surface area is 103 Å². The maximum absolute atomic E-state index is 10.4. The molecule has 0 aliphatic rings. The van der Waals surface area contributed by atoms with Crippen LogP contribution in [0, 0.1) is 0 Å². The van der Waals surface area contributed by atoms with E-state index in [-0.39, 0.29) is 12.7 Å². The standard InChI is InChI=1S/C14H20O3/c1-4-5-12-6-7-13(17-11(2)3)14(10-12)16-9-8-15/h6-8,10-11H,4-5,9H2,1-3H3. The monoisotopic (exact) mass is 236 g/mol. The molecular formula is C14H20O3. The number of hydrogen-bond donors (Lipinski definition) is 0. The average Bonchev–Trinajstić information content (AvgIpc) is 2.29. The lowest BCUT2D eigenvalue weighted by Crippen LogP contribution is -2.08. The molecule has 0 aromatic heterocycles. The van der Waals surface area contributed by atoms with E-state index in [0.29, 0.717) is 11.5 Å². The highest BCUT2D eigenvalue weighted by atomic mass is 16.5. The van der Waals surface area contributed by atoms with Crippen LogP contribution in [0.3, 0.4) is 0 Å². The number of carbonyl (C=O) groups excluding carboxylic acids is 1. The van der Waals surface area contributed by atoms with Crippen LogP contribution in [0.15, 0.2) is 18.2 Å². The van der Waals surface area contributed by atoms with E-state index in [9.17, 15) is 4.79 Å². The molecule has 1 aromatic carbocycles. The summed E-state index contributed by atoms with van der Waals surface area (Å²) < 4.78 is 11.0. The first kappa shape index (κ1) is 13.6. The molecule has 0 aliphatic heterocycles. The average molecular weight is 236 g/mol. The van der Waals surface area contributed by atoms with Gasteiger partial charge in [0.2, 0.25) is 0 Å². The van der Waals surface area contributed by atoms with Gasteiger partial charge >= 0.3 is 0 Å². The summed E-state index contributed by atoms with van der Waals surface area (Å²) in [5, 5.41) is 0. The van der Waals surface area contributed by atoms with Crippen LogP contribution in [0.25, 0.3) is 0 Å². The number of hydrogen-bond acceptors (Lipinski definition) is 3. The minimum absolute atomic E-state index is 0.0596. The molecular weight excluding hydrogens is 216 g/mol. The third-order valence-electron chi connectivity index (χ3n) is 2.22. The van der Waals surface area contributed by atoms with Gasteiger partial charge in [-0.1, -0.05) is 19.4 Å². The molecule has 17 heavy (non-hydrogen) atoms. The molecule has 0 atom stereocenters. The highest BCUT2D eigenvalue weighted by Crippen LogP contribution is 2.29. The highest BCUT2D eigenvalue weighted by molar-refractivity contribution is 5.52. The Morgan fingerprint density at radius 1 is 1.29 bits per heavy atom. The Hall–Kier alpha value is -1.51. The normalized spacial score (nSPS) is 10.4. The van der Waals surface area contributed by atoms with Crippen molar-refractivity contribution in [2.24, 2.45) is 0 Å². The topological polar surface area (TPSA) is 35.5 Å². The lowest BCUT2D eigenvalue weighted by Gasteiger charge is -2.15. The Balaban J connectivity index is 2.89. The van der Waals surface area contributed by atoms with Gasteiger partial charge in [-0.15, -0.1) is 0 Å². The van der Waals surface area contributed by atoms with E-state index in [1.54, 1.807) is 0 Å². The molecule has 0 spiro atoms. The highest BCUT2D eigenvalue weighted by Gasteiger charge is 2.08. The van der Waals surface area contributed by atoms with Crippen LogP contribution in [0.4, 0.5) is 0 Å². The summed E-state index contributed by atoms with van der Waals surface area (Å²) in [6.45, 7) is 6.11. The molecule has 0 saturated heterocycles. The first-order chi connectivity index (χ1) is 8.17. The van der Waals surface area contributed by atoms with Crippen molar-refractivity contribution < 1.29 is 14.3 Å². The van der Waals surface area contributed by atoms with Crippen LogP contribution in [0.1, 0.15) is 32.8 Å². The van der Waals surface area contributed by atoms with Gasteiger partial charge in [-0.3, -0.25) is 4.79 Å². The first-order valence-corrected chi connectivity index (χ1v) is 6.03. The van der Waals surface area contributed by atoms with Crippen molar-refractivity contribution in [1.82, 2.24) is 0 Å². The van der Waals surface area contributed by atoms with E-state index in [1.807, 2.05) is 32.0 Å². The number of benzene rings is 1. The minimum Gasteiger partial charge on any atom is -0.487 e. The predicted octanol–water partition coefficient (Wildman–Crippen LogP) is 3.00. The molecule has 94 valence electrons. The number of ether oxygens (including phenoxy) is 2. The number of aryl methyl sites for hydroxylation is 1. The third kappa shape index (κ3) is 4.47. The smallest absolute Gasteiger partial charge is 0.162 e. The molecule has 0 fully saturated rings. The molecule has 0 unspecified atom stereocenters. The molecule has 3 heteroatoms. The summed E-state index contributed by atoms with van der Waals surface area (Å²) in [7, 11) is 0. The second kappa shape index (κ2) is 6.94. The summed E-state index contributed by atoms with van der Waals surface area (Å²) in [5.41, 5.74) is 1.20. The molecule has 0 saturated carbocycles. The van der Waals surface area contributed by atoms with E-state index in [4.69, 9.17) is 9.47 Å². The molecule has 1 rings (SSSR count). The second-order valence-electron chi connectivity index (χ2n) is 4.18. The van der Waals surface area contributed by atoms with Crippen molar-refractivity contribution in [1.29, 1.82) is 0 Å². The van der Waals surface area contributed by atoms with E-state index < -0.39 is 0 Å². The second-order valence-corrected chi connectivity index (χ2v) is 4.18. The van der Waals surface area contributed by atoms with Gasteiger partial charge in [-0.05, 0) is 38.0 Å². The number of carbonyl (C=O) groups is 1. The molecule has 0 aliphatic carbocycles. The quantitative estimate of drug-likeness (QED) is 0.683. The lowest BCUT2D eigenvalue weighted by atomic mass is 10.1. The maximum Gasteiger partial charge on any atom is 0.162 e. The van der Waals surface area contributed by atoms with Gasteiger partial charge in [0, 0.05) is 0 Å². The van der Waals surface area contributed by atoms with Crippen LogP contribution >= 0.6 is 0 Å².